The lowest BCUT2D eigenvalue weighted by atomic mass is 10.0. The van der Waals surface area contributed by atoms with Crippen LogP contribution in [0.15, 0.2) is 36.5 Å². The molecule has 11 heteroatoms. The molecular weight excluding hydrogens is 528 g/mol. The van der Waals surface area contributed by atoms with Crippen LogP contribution in [0.4, 0.5) is 19.4 Å². The Hall–Kier alpha value is -3.79. The van der Waals surface area contributed by atoms with E-state index in [1.54, 1.807) is 52.1 Å². The van der Waals surface area contributed by atoms with E-state index < -0.39 is 23.3 Å². The molecule has 0 fully saturated rings. The van der Waals surface area contributed by atoms with Gasteiger partial charge in [0.25, 0.3) is 0 Å². The van der Waals surface area contributed by atoms with Crippen molar-refractivity contribution in [1.29, 1.82) is 0 Å². The van der Waals surface area contributed by atoms with Gasteiger partial charge in [-0.2, -0.15) is 9.97 Å². The number of aromatic nitrogens is 3. The summed E-state index contributed by atoms with van der Waals surface area (Å²) in [5, 5.41) is 1.24. The molecule has 0 aliphatic heterocycles. The number of ether oxygens (including phenoxy) is 2. The van der Waals surface area contributed by atoms with Gasteiger partial charge in [-0.1, -0.05) is 35.9 Å². The molecule has 2 heterocycles. The van der Waals surface area contributed by atoms with Crippen LogP contribution in [-0.2, 0) is 4.74 Å². The summed E-state index contributed by atoms with van der Waals surface area (Å²) < 4.78 is 41.2. The Labute approximate surface area is 230 Å². The van der Waals surface area contributed by atoms with Crippen LogP contribution < -0.4 is 9.64 Å². The number of anilines is 1. The predicted molar refractivity (Wildman–Crippen MR) is 149 cm³/mol. The number of halogens is 3. The van der Waals surface area contributed by atoms with Crippen LogP contribution in [0.1, 0.15) is 27.7 Å². The first-order chi connectivity index (χ1) is 18.4. The molecule has 2 aromatic heterocycles. The van der Waals surface area contributed by atoms with E-state index in [0.717, 1.165) is 0 Å². The number of nitrogens with zero attached hydrogens (tertiary/aromatic N) is 5. The zero-order valence-corrected chi connectivity index (χ0v) is 23.4. The summed E-state index contributed by atoms with van der Waals surface area (Å²) in [5.41, 5.74) is -0.320. The molecule has 206 valence electrons. The number of pyridine rings is 1. The average Bonchev–Trinajstić information content (AvgIpc) is 2.90. The lowest BCUT2D eigenvalue weighted by molar-refractivity contribution is 0.0303. The average molecular weight is 558 g/mol. The molecule has 0 saturated carbocycles. The maximum Gasteiger partial charge on any atom is 0.410 e. The molecule has 4 aromatic rings. The summed E-state index contributed by atoms with van der Waals surface area (Å²) >= 11 is 6.29. The first-order valence-corrected chi connectivity index (χ1v) is 12.8. The highest BCUT2D eigenvalue weighted by atomic mass is 35.5. The maximum absolute atomic E-state index is 16.1. The molecule has 0 N–H and O–H groups in total. The minimum absolute atomic E-state index is 0.00896. The molecule has 8 nitrogen and oxygen atoms in total. The molecule has 0 atom stereocenters. The lowest BCUT2D eigenvalue weighted by Gasteiger charge is -2.28. The van der Waals surface area contributed by atoms with Crippen LogP contribution in [0.2, 0.25) is 5.02 Å². The summed E-state index contributed by atoms with van der Waals surface area (Å²) in [7, 11) is 3.04. The Bertz CT molecular complexity index is 1540. The quantitative estimate of drug-likeness (QED) is 0.257. The van der Waals surface area contributed by atoms with Gasteiger partial charge in [-0.3, -0.25) is 4.98 Å². The van der Waals surface area contributed by atoms with Gasteiger partial charge in [-0.15, -0.1) is 0 Å². The second kappa shape index (κ2) is 11.1. The monoisotopic (exact) mass is 557 g/mol. The number of methoxy groups -OCH3 is 1. The van der Waals surface area contributed by atoms with Crippen molar-refractivity contribution in [1.82, 2.24) is 19.9 Å². The normalized spacial score (nSPS) is 11.6. The predicted octanol–water partition coefficient (Wildman–Crippen LogP) is 6.48. The standard InChI is InChI=1S/C28H30ClF2N5O3/c1-7-36(14-13-35(5)27(37)39-28(2,3)4)25-18-15-32-23(22(31)24(18)33-26(34-25)38-6)17-10-8-9-16-11-12-19(30)21(29)20(16)17/h8-12,15H,7,13-14H2,1-6H3. The summed E-state index contributed by atoms with van der Waals surface area (Å²) in [6.07, 6.45) is 1.03. The first kappa shape index (κ1) is 28.2. The van der Waals surface area contributed by atoms with Crippen molar-refractivity contribution in [2.24, 2.45) is 0 Å². The van der Waals surface area contributed by atoms with Gasteiger partial charge in [0.1, 0.15) is 28.4 Å². The van der Waals surface area contributed by atoms with E-state index in [-0.39, 0.29) is 22.2 Å². The Balaban J connectivity index is 1.77. The fourth-order valence-electron chi connectivity index (χ4n) is 4.16. The van der Waals surface area contributed by atoms with Crippen LogP contribution in [0.25, 0.3) is 32.9 Å². The van der Waals surface area contributed by atoms with Gasteiger partial charge in [0.2, 0.25) is 0 Å². The van der Waals surface area contributed by atoms with Crippen molar-refractivity contribution < 1.29 is 23.0 Å². The van der Waals surface area contributed by atoms with E-state index in [4.69, 9.17) is 21.1 Å². The van der Waals surface area contributed by atoms with E-state index in [1.165, 1.54) is 24.3 Å². The largest absolute Gasteiger partial charge is 0.467 e. The Kier molecular flexibility index (Phi) is 8.06. The third kappa shape index (κ3) is 5.80. The minimum Gasteiger partial charge on any atom is -0.467 e. The van der Waals surface area contributed by atoms with Gasteiger partial charge in [0, 0.05) is 43.8 Å². The summed E-state index contributed by atoms with van der Waals surface area (Å²) in [6, 6.07) is 7.94. The maximum atomic E-state index is 16.1. The number of fused-ring (bicyclic) bond motifs is 2. The van der Waals surface area contributed by atoms with E-state index in [0.29, 0.717) is 47.2 Å². The smallest absolute Gasteiger partial charge is 0.410 e. The van der Waals surface area contributed by atoms with Crippen LogP contribution in [0.5, 0.6) is 6.01 Å². The molecule has 4 rings (SSSR count). The highest BCUT2D eigenvalue weighted by Gasteiger charge is 2.24. The fraction of sp³-hybridized carbons (Fsp3) is 0.357. The number of carbonyl (C=O) groups excluding carboxylic acids is 1. The number of benzene rings is 2. The molecule has 1 amide bonds. The minimum atomic E-state index is -0.718. The third-order valence-corrected chi connectivity index (χ3v) is 6.48. The lowest BCUT2D eigenvalue weighted by Crippen LogP contribution is -2.39. The van der Waals surface area contributed by atoms with Gasteiger partial charge < -0.3 is 19.3 Å². The van der Waals surface area contributed by atoms with Gasteiger partial charge in [-0.25, -0.2) is 13.6 Å². The number of amides is 1. The number of carbonyl (C=O) groups is 1. The Morgan fingerprint density at radius 2 is 1.85 bits per heavy atom. The molecule has 0 aliphatic rings. The molecule has 0 unspecified atom stereocenters. The Morgan fingerprint density at radius 3 is 2.51 bits per heavy atom. The number of likely N-dealkylation sites (N-methyl/N-ethyl adjacent to an activating group) is 2. The Morgan fingerprint density at radius 1 is 1.10 bits per heavy atom. The van der Waals surface area contributed by atoms with E-state index in [1.807, 2.05) is 11.8 Å². The van der Waals surface area contributed by atoms with Crippen LogP contribution in [0, 0.1) is 11.6 Å². The van der Waals surface area contributed by atoms with E-state index in [9.17, 15) is 9.18 Å². The second-order valence-electron chi connectivity index (χ2n) is 9.96. The topological polar surface area (TPSA) is 80.7 Å². The summed E-state index contributed by atoms with van der Waals surface area (Å²) in [5.74, 6) is -0.930. The van der Waals surface area contributed by atoms with E-state index in [2.05, 4.69) is 15.0 Å². The summed E-state index contributed by atoms with van der Waals surface area (Å²) in [4.78, 5) is 28.9. The highest BCUT2D eigenvalue weighted by Crippen LogP contribution is 2.38. The zero-order valence-electron chi connectivity index (χ0n) is 22.7. The third-order valence-electron chi connectivity index (χ3n) is 6.11. The number of hydrogen-bond donors (Lipinski definition) is 0. The SMILES string of the molecule is CCN(CCN(C)C(=O)OC(C)(C)C)c1nc(OC)nc2c(F)c(-c3cccc4ccc(F)c(Cl)c34)ncc12. The molecule has 2 aromatic carbocycles. The number of rotatable bonds is 7. The van der Waals surface area contributed by atoms with Crippen molar-refractivity contribution >= 4 is 45.2 Å². The van der Waals surface area contributed by atoms with Crippen LogP contribution >= 0.6 is 11.6 Å². The van der Waals surface area contributed by atoms with Crippen LogP contribution in [0.3, 0.4) is 0 Å². The molecule has 0 bridgehead atoms. The van der Waals surface area contributed by atoms with Crippen molar-refractivity contribution in [3.63, 3.8) is 0 Å². The van der Waals surface area contributed by atoms with Crippen molar-refractivity contribution in [3.05, 3.63) is 53.2 Å². The zero-order chi connectivity index (χ0) is 28.5. The molecule has 0 radical (unpaired) electrons. The molecule has 0 spiro atoms. The summed E-state index contributed by atoms with van der Waals surface area (Å²) in [6.45, 7) is 8.52. The fourth-order valence-corrected chi connectivity index (χ4v) is 4.44. The van der Waals surface area contributed by atoms with Crippen LogP contribution in [-0.4, -0.2) is 65.3 Å². The molecule has 0 saturated heterocycles. The molecule has 39 heavy (non-hydrogen) atoms. The van der Waals surface area contributed by atoms with Gasteiger partial charge in [-0.05, 0) is 39.1 Å². The van der Waals surface area contributed by atoms with E-state index >= 15 is 4.39 Å². The van der Waals surface area contributed by atoms with Crippen molar-refractivity contribution in [2.45, 2.75) is 33.3 Å². The molecular formula is C28H30ClF2N5O3. The van der Waals surface area contributed by atoms with Crippen molar-refractivity contribution in [3.8, 4) is 17.3 Å². The van der Waals surface area contributed by atoms with Gasteiger partial charge in [0.15, 0.2) is 5.82 Å². The highest BCUT2D eigenvalue weighted by molar-refractivity contribution is 6.36. The molecule has 0 aliphatic carbocycles. The second-order valence-corrected chi connectivity index (χ2v) is 10.3. The van der Waals surface area contributed by atoms with Gasteiger partial charge >= 0.3 is 12.1 Å². The van der Waals surface area contributed by atoms with Gasteiger partial charge in [0.05, 0.1) is 17.5 Å². The first-order valence-electron chi connectivity index (χ1n) is 12.4. The van der Waals surface area contributed by atoms with Crippen molar-refractivity contribution in [2.75, 3.05) is 38.7 Å². The number of hydrogen-bond acceptors (Lipinski definition) is 7.